The van der Waals surface area contributed by atoms with Crippen LogP contribution >= 0.6 is 11.3 Å². The van der Waals surface area contributed by atoms with Crippen LogP contribution in [0.1, 0.15) is 25.0 Å². The Balaban J connectivity index is 1.36. The van der Waals surface area contributed by atoms with E-state index in [1.165, 1.54) is 29.5 Å². The molecule has 1 aromatic carbocycles. The maximum Gasteiger partial charge on any atom is 0.387 e. The highest BCUT2D eigenvalue weighted by Crippen LogP contribution is 2.28. The van der Waals surface area contributed by atoms with Crippen molar-refractivity contribution in [1.82, 2.24) is 20.4 Å². The van der Waals surface area contributed by atoms with Crippen LogP contribution in [-0.4, -0.2) is 58.7 Å². The molecule has 2 atom stereocenters. The van der Waals surface area contributed by atoms with Crippen LogP contribution in [0.15, 0.2) is 42.6 Å². The van der Waals surface area contributed by atoms with Crippen LogP contribution in [0, 0.1) is 0 Å². The molecule has 1 aliphatic heterocycles. The molecule has 0 spiro atoms. The zero-order valence-electron chi connectivity index (χ0n) is 18.2. The second-order valence-corrected chi connectivity index (χ2v) is 8.32. The van der Waals surface area contributed by atoms with Gasteiger partial charge in [0.05, 0.1) is 0 Å². The second kappa shape index (κ2) is 11.1. The zero-order chi connectivity index (χ0) is 23.9. The van der Waals surface area contributed by atoms with Crippen molar-refractivity contribution in [2.24, 2.45) is 0 Å². The number of carbonyl (C=O) groups excluding carboxylic acids is 1. The summed E-state index contributed by atoms with van der Waals surface area (Å²) < 4.78 is 35.1. The summed E-state index contributed by atoms with van der Waals surface area (Å²) in [6, 6.07) is 9.76. The van der Waals surface area contributed by atoms with E-state index in [-0.39, 0.29) is 18.4 Å². The number of benzene rings is 1. The van der Waals surface area contributed by atoms with E-state index in [9.17, 15) is 13.6 Å². The number of hydrogen-bond donors (Lipinski definition) is 2. The van der Waals surface area contributed by atoms with Gasteiger partial charge in [0.25, 0.3) is 5.91 Å². The van der Waals surface area contributed by atoms with Crippen molar-refractivity contribution in [3.8, 4) is 5.75 Å². The van der Waals surface area contributed by atoms with E-state index < -0.39 is 18.6 Å². The summed E-state index contributed by atoms with van der Waals surface area (Å²) in [7, 11) is 0. The Labute approximate surface area is 198 Å². The number of nitrogens with one attached hydrogen (secondary N) is 2. The lowest BCUT2D eigenvalue weighted by Crippen LogP contribution is -2.26. The Morgan fingerprint density at radius 1 is 1.24 bits per heavy atom. The molecule has 13 heteroatoms. The molecule has 2 N–H and O–H groups in total. The molecule has 1 fully saturated rings. The smallest absolute Gasteiger partial charge is 0.387 e. The third kappa shape index (κ3) is 6.11. The van der Waals surface area contributed by atoms with E-state index in [1.807, 2.05) is 12.1 Å². The first kappa shape index (κ1) is 23.7. The number of aromatic nitrogens is 4. The predicted octanol–water partition coefficient (Wildman–Crippen LogP) is 3.34. The summed E-state index contributed by atoms with van der Waals surface area (Å²) in [5.74, 6) is 0.273. The highest BCUT2D eigenvalue weighted by Gasteiger charge is 2.26. The van der Waals surface area contributed by atoms with Gasteiger partial charge in [0.1, 0.15) is 5.75 Å². The van der Waals surface area contributed by atoms with E-state index in [1.54, 1.807) is 19.2 Å². The molecule has 0 radical (unpaired) electrons. The largest absolute Gasteiger partial charge is 0.435 e. The van der Waals surface area contributed by atoms with E-state index in [4.69, 9.17) is 4.74 Å². The SMILES string of the molecule is CCOC(C(=O)Nc1nnc(NC2CCN(c3cccnn3)C2)s1)c1cccc(OC(F)F)c1. The van der Waals surface area contributed by atoms with Gasteiger partial charge in [0, 0.05) is 31.9 Å². The molecule has 3 heterocycles. The van der Waals surface area contributed by atoms with Crippen molar-refractivity contribution in [2.45, 2.75) is 32.1 Å². The fraction of sp³-hybridized carbons (Fsp3) is 0.381. The van der Waals surface area contributed by atoms with Crippen LogP contribution in [0.5, 0.6) is 5.75 Å². The molecule has 180 valence electrons. The summed E-state index contributed by atoms with van der Waals surface area (Å²) in [6.45, 7) is 0.588. The molecule has 1 aliphatic rings. The Bertz CT molecular complexity index is 1090. The van der Waals surface area contributed by atoms with Crippen molar-refractivity contribution >= 4 is 33.3 Å². The minimum Gasteiger partial charge on any atom is -0.435 e. The normalized spacial score (nSPS) is 16.5. The highest BCUT2D eigenvalue weighted by atomic mass is 32.1. The Kier molecular flexibility index (Phi) is 7.75. The van der Waals surface area contributed by atoms with Crippen LogP contribution in [0.4, 0.5) is 24.9 Å². The third-order valence-electron chi connectivity index (χ3n) is 5.01. The molecule has 3 aromatic rings. The first-order valence-corrected chi connectivity index (χ1v) is 11.4. The minimum atomic E-state index is -2.96. The van der Waals surface area contributed by atoms with Crippen LogP contribution in [-0.2, 0) is 9.53 Å². The number of ether oxygens (including phenoxy) is 2. The fourth-order valence-electron chi connectivity index (χ4n) is 3.57. The van der Waals surface area contributed by atoms with E-state index >= 15 is 0 Å². The van der Waals surface area contributed by atoms with Crippen molar-refractivity contribution in [3.05, 3.63) is 48.2 Å². The van der Waals surface area contributed by atoms with Gasteiger partial charge in [0.2, 0.25) is 10.3 Å². The van der Waals surface area contributed by atoms with E-state index in [0.29, 0.717) is 15.8 Å². The first-order valence-electron chi connectivity index (χ1n) is 10.6. The number of halogens is 2. The Hall–Kier alpha value is -3.45. The molecule has 34 heavy (non-hydrogen) atoms. The topological polar surface area (TPSA) is 114 Å². The Morgan fingerprint density at radius 3 is 2.85 bits per heavy atom. The summed E-state index contributed by atoms with van der Waals surface area (Å²) >= 11 is 1.20. The summed E-state index contributed by atoms with van der Waals surface area (Å²) in [4.78, 5) is 15.0. The lowest BCUT2D eigenvalue weighted by Gasteiger charge is -2.17. The molecule has 0 bridgehead atoms. The number of hydrogen-bond acceptors (Lipinski definition) is 10. The van der Waals surface area contributed by atoms with Crippen molar-refractivity contribution in [3.63, 3.8) is 0 Å². The fourth-order valence-corrected chi connectivity index (χ4v) is 4.29. The van der Waals surface area contributed by atoms with E-state index in [0.717, 1.165) is 25.3 Å². The average Bonchev–Trinajstić information content (AvgIpc) is 3.47. The van der Waals surface area contributed by atoms with Gasteiger partial charge in [0.15, 0.2) is 11.9 Å². The molecule has 2 aromatic heterocycles. The molecular formula is C21H23F2N7O3S. The Morgan fingerprint density at radius 2 is 2.09 bits per heavy atom. The second-order valence-electron chi connectivity index (χ2n) is 7.35. The molecule has 10 nitrogen and oxygen atoms in total. The predicted molar refractivity (Wildman–Crippen MR) is 122 cm³/mol. The van der Waals surface area contributed by atoms with Crippen LogP contribution in [0.25, 0.3) is 0 Å². The minimum absolute atomic E-state index is 0.0560. The standard InChI is InChI=1S/C21H23F2N7O3S/c1-2-32-17(13-5-3-6-15(11-13)33-19(22)23)18(31)26-21-29-28-20(34-21)25-14-8-10-30(12-14)16-7-4-9-24-27-16/h3-7,9,11,14,17,19H,2,8,10,12H2,1H3,(H,25,28)(H,26,29,31). The van der Waals surface area contributed by atoms with Gasteiger partial charge in [-0.25, -0.2) is 0 Å². The molecule has 0 saturated carbocycles. The van der Waals surface area contributed by atoms with Gasteiger partial charge in [-0.1, -0.05) is 23.5 Å². The molecule has 0 aliphatic carbocycles. The molecular weight excluding hydrogens is 468 g/mol. The van der Waals surface area contributed by atoms with Crippen LogP contribution < -0.4 is 20.3 Å². The van der Waals surface area contributed by atoms with Crippen LogP contribution in [0.3, 0.4) is 0 Å². The molecule has 1 amide bonds. The maximum atomic E-state index is 12.9. The van der Waals surface area contributed by atoms with Crippen molar-refractivity contribution < 1.29 is 23.0 Å². The number of alkyl halides is 2. The quantitative estimate of drug-likeness (QED) is 0.441. The zero-order valence-corrected chi connectivity index (χ0v) is 19.0. The monoisotopic (exact) mass is 491 g/mol. The van der Waals surface area contributed by atoms with Crippen molar-refractivity contribution in [1.29, 1.82) is 0 Å². The lowest BCUT2D eigenvalue weighted by atomic mass is 10.1. The molecule has 2 unspecified atom stereocenters. The number of nitrogens with zero attached hydrogens (tertiary/aromatic N) is 5. The number of carbonyl (C=O) groups is 1. The highest BCUT2D eigenvalue weighted by molar-refractivity contribution is 7.19. The van der Waals surface area contributed by atoms with Gasteiger partial charge in [-0.15, -0.1) is 15.3 Å². The molecule has 4 rings (SSSR count). The number of amides is 1. The van der Waals surface area contributed by atoms with Gasteiger partial charge in [-0.2, -0.15) is 13.9 Å². The number of rotatable bonds is 10. The van der Waals surface area contributed by atoms with Gasteiger partial charge >= 0.3 is 6.61 Å². The summed E-state index contributed by atoms with van der Waals surface area (Å²) in [6.07, 6.45) is 1.50. The third-order valence-corrected chi connectivity index (χ3v) is 5.78. The maximum absolute atomic E-state index is 12.9. The summed E-state index contributed by atoms with van der Waals surface area (Å²) in [5.41, 5.74) is 0.385. The summed E-state index contributed by atoms with van der Waals surface area (Å²) in [5, 5.41) is 23.1. The van der Waals surface area contributed by atoms with Gasteiger partial charge in [-0.3, -0.25) is 10.1 Å². The van der Waals surface area contributed by atoms with Crippen LogP contribution in [0.2, 0.25) is 0 Å². The average molecular weight is 492 g/mol. The van der Waals surface area contributed by atoms with Gasteiger partial charge < -0.3 is 19.7 Å². The first-order chi connectivity index (χ1) is 16.5. The van der Waals surface area contributed by atoms with E-state index in [2.05, 4.69) is 40.7 Å². The lowest BCUT2D eigenvalue weighted by molar-refractivity contribution is -0.127. The van der Waals surface area contributed by atoms with Gasteiger partial charge in [-0.05, 0) is 43.2 Å². The van der Waals surface area contributed by atoms with Crippen molar-refractivity contribution in [2.75, 3.05) is 35.2 Å². The number of anilines is 3. The molecule has 1 saturated heterocycles.